The standard InChI is InChI=1S/C16H23NO3/c1-11(2)15-14(7-8-20-15)10-17-9-12-3-5-13(6-4-12)16(18)19/h3-6,11,14-15,17H,7-10H2,1-2H3,(H,18,19). The summed E-state index contributed by atoms with van der Waals surface area (Å²) < 4.78 is 5.77. The van der Waals surface area contributed by atoms with E-state index >= 15 is 0 Å². The Morgan fingerprint density at radius 1 is 1.40 bits per heavy atom. The van der Waals surface area contributed by atoms with Gasteiger partial charge >= 0.3 is 5.97 Å². The Bertz CT molecular complexity index is 442. The molecule has 2 unspecified atom stereocenters. The summed E-state index contributed by atoms with van der Waals surface area (Å²) in [4.78, 5) is 10.8. The first kappa shape index (κ1) is 15.0. The van der Waals surface area contributed by atoms with E-state index in [1.165, 1.54) is 0 Å². The van der Waals surface area contributed by atoms with Gasteiger partial charge in [0.25, 0.3) is 0 Å². The summed E-state index contributed by atoms with van der Waals surface area (Å²) in [7, 11) is 0. The maximum Gasteiger partial charge on any atom is 0.335 e. The molecule has 0 aromatic heterocycles. The molecule has 1 aromatic rings. The molecule has 1 fully saturated rings. The molecule has 1 aromatic carbocycles. The smallest absolute Gasteiger partial charge is 0.335 e. The van der Waals surface area contributed by atoms with Crippen molar-refractivity contribution in [1.29, 1.82) is 0 Å². The quantitative estimate of drug-likeness (QED) is 0.839. The Morgan fingerprint density at radius 3 is 2.70 bits per heavy atom. The van der Waals surface area contributed by atoms with Crippen LogP contribution in [0.1, 0.15) is 36.2 Å². The molecule has 2 N–H and O–H groups in total. The van der Waals surface area contributed by atoms with Gasteiger partial charge in [-0.15, -0.1) is 0 Å². The van der Waals surface area contributed by atoms with Crippen molar-refractivity contribution in [2.45, 2.75) is 32.9 Å². The topological polar surface area (TPSA) is 58.6 Å². The summed E-state index contributed by atoms with van der Waals surface area (Å²) in [5.74, 6) is 0.250. The summed E-state index contributed by atoms with van der Waals surface area (Å²) in [5, 5.41) is 12.3. The zero-order valence-electron chi connectivity index (χ0n) is 12.1. The molecular formula is C16H23NO3. The normalized spacial score (nSPS) is 22.4. The molecule has 1 saturated heterocycles. The number of carboxylic acid groups (broad SMARTS) is 1. The molecule has 110 valence electrons. The van der Waals surface area contributed by atoms with Gasteiger partial charge < -0.3 is 15.2 Å². The zero-order valence-corrected chi connectivity index (χ0v) is 12.1. The Labute approximate surface area is 120 Å². The van der Waals surface area contributed by atoms with E-state index in [-0.39, 0.29) is 0 Å². The molecule has 1 aliphatic heterocycles. The number of hydrogen-bond donors (Lipinski definition) is 2. The van der Waals surface area contributed by atoms with Gasteiger partial charge in [-0.2, -0.15) is 0 Å². The maximum atomic E-state index is 10.8. The van der Waals surface area contributed by atoms with Gasteiger partial charge in [0, 0.05) is 19.7 Å². The van der Waals surface area contributed by atoms with Crippen molar-refractivity contribution in [2.75, 3.05) is 13.2 Å². The van der Waals surface area contributed by atoms with E-state index < -0.39 is 5.97 Å². The summed E-state index contributed by atoms with van der Waals surface area (Å²) in [6.45, 7) is 6.98. The molecule has 0 radical (unpaired) electrons. The van der Waals surface area contributed by atoms with E-state index in [0.29, 0.717) is 23.5 Å². The minimum atomic E-state index is -0.882. The number of hydrogen-bond acceptors (Lipinski definition) is 3. The van der Waals surface area contributed by atoms with Crippen LogP contribution in [-0.4, -0.2) is 30.3 Å². The molecule has 1 aliphatic rings. The first-order valence-electron chi connectivity index (χ1n) is 7.22. The van der Waals surface area contributed by atoms with Crippen molar-refractivity contribution in [2.24, 2.45) is 11.8 Å². The summed E-state index contributed by atoms with van der Waals surface area (Å²) in [5.41, 5.74) is 1.44. The van der Waals surface area contributed by atoms with E-state index in [1.54, 1.807) is 12.1 Å². The van der Waals surface area contributed by atoms with Crippen LogP contribution in [0.25, 0.3) is 0 Å². The lowest BCUT2D eigenvalue weighted by Crippen LogP contribution is -2.31. The van der Waals surface area contributed by atoms with E-state index in [2.05, 4.69) is 19.2 Å². The largest absolute Gasteiger partial charge is 0.478 e. The minimum absolute atomic E-state index is 0.331. The Balaban J connectivity index is 1.79. The third kappa shape index (κ3) is 3.81. The molecule has 0 spiro atoms. The fraction of sp³-hybridized carbons (Fsp3) is 0.562. The highest BCUT2D eigenvalue weighted by Gasteiger charge is 2.29. The van der Waals surface area contributed by atoms with Crippen LogP contribution in [0.2, 0.25) is 0 Å². The van der Waals surface area contributed by atoms with Gasteiger partial charge in [0.15, 0.2) is 0 Å². The lowest BCUT2D eigenvalue weighted by Gasteiger charge is -2.22. The number of carbonyl (C=O) groups is 1. The van der Waals surface area contributed by atoms with Crippen LogP contribution >= 0.6 is 0 Å². The molecular weight excluding hydrogens is 254 g/mol. The van der Waals surface area contributed by atoms with Crippen LogP contribution in [-0.2, 0) is 11.3 Å². The predicted octanol–water partition coefficient (Wildman–Crippen LogP) is 2.54. The second kappa shape index (κ2) is 6.86. The van der Waals surface area contributed by atoms with E-state index in [4.69, 9.17) is 9.84 Å². The number of ether oxygens (including phenoxy) is 1. The monoisotopic (exact) mass is 277 g/mol. The highest BCUT2D eigenvalue weighted by molar-refractivity contribution is 5.87. The van der Waals surface area contributed by atoms with Crippen LogP contribution < -0.4 is 5.32 Å². The second-order valence-electron chi connectivity index (χ2n) is 5.76. The first-order valence-corrected chi connectivity index (χ1v) is 7.22. The fourth-order valence-corrected chi connectivity index (χ4v) is 2.78. The Hall–Kier alpha value is -1.39. The average Bonchev–Trinajstić information content (AvgIpc) is 2.88. The molecule has 0 saturated carbocycles. The molecule has 20 heavy (non-hydrogen) atoms. The Kier molecular flexibility index (Phi) is 5.15. The van der Waals surface area contributed by atoms with Gasteiger partial charge in [0.1, 0.15) is 0 Å². The van der Waals surface area contributed by atoms with Crippen LogP contribution in [0.3, 0.4) is 0 Å². The van der Waals surface area contributed by atoms with Crippen molar-refractivity contribution in [3.8, 4) is 0 Å². The first-order chi connectivity index (χ1) is 9.58. The minimum Gasteiger partial charge on any atom is -0.478 e. The number of nitrogens with one attached hydrogen (secondary N) is 1. The highest BCUT2D eigenvalue weighted by Crippen LogP contribution is 2.26. The van der Waals surface area contributed by atoms with Gasteiger partial charge in [-0.05, 0) is 36.0 Å². The number of carboxylic acids is 1. The van der Waals surface area contributed by atoms with Gasteiger partial charge in [-0.3, -0.25) is 0 Å². The maximum absolute atomic E-state index is 10.8. The molecule has 2 atom stereocenters. The van der Waals surface area contributed by atoms with Crippen LogP contribution in [0, 0.1) is 11.8 Å². The van der Waals surface area contributed by atoms with Gasteiger partial charge in [-0.25, -0.2) is 4.79 Å². The van der Waals surface area contributed by atoms with Crippen molar-refractivity contribution in [3.63, 3.8) is 0 Å². The highest BCUT2D eigenvalue weighted by atomic mass is 16.5. The third-order valence-electron chi connectivity index (χ3n) is 3.86. The van der Waals surface area contributed by atoms with Crippen molar-refractivity contribution >= 4 is 5.97 Å². The molecule has 0 amide bonds. The SMILES string of the molecule is CC(C)C1OCCC1CNCc1ccc(C(=O)O)cc1. The van der Waals surface area contributed by atoms with Gasteiger partial charge in [0.05, 0.1) is 11.7 Å². The average molecular weight is 277 g/mol. The molecule has 2 rings (SSSR count). The van der Waals surface area contributed by atoms with Crippen molar-refractivity contribution in [3.05, 3.63) is 35.4 Å². The van der Waals surface area contributed by atoms with E-state index in [1.807, 2.05) is 12.1 Å². The van der Waals surface area contributed by atoms with Crippen LogP contribution in [0.5, 0.6) is 0 Å². The molecule has 0 aliphatic carbocycles. The summed E-state index contributed by atoms with van der Waals surface area (Å²) in [6, 6.07) is 7.02. The molecule has 0 bridgehead atoms. The Morgan fingerprint density at radius 2 is 2.10 bits per heavy atom. The van der Waals surface area contributed by atoms with E-state index in [0.717, 1.165) is 31.7 Å². The van der Waals surface area contributed by atoms with Crippen molar-refractivity contribution < 1.29 is 14.6 Å². The summed E-state index contributed by atoms with van der Waals surface area (Å²) >= 11 is 0. The number of benzene rings is 1. The van der Waals surface area contributed by atoms with Gasteiger partial charge in [-0.1, -0.05) is 26.0 Å². The third-order valence-corrected chi connectivity index (χ3v) is 3.86. The lowest BCUT2D eigenvalue weighted by atomic mass is 9.93. The molecule has 1 heterocycles. The second-order valence-corrected chi connectivity index (χ2v) is 5.76. The number of rotatable bonds is 6. The zero-order chi connectivity index (χ0) is 14.5. The van der Waals surface area contributed by atoms with Crippen molar-refractivity contribution in [1.82, 2.24) is 5.32 Å². The van der Waals surface area contributed by atoms with E-state index in [9.17, 15) is 4.79 Å². The molecule has 4 nitrogen and oxygen atoms in total. The fourth-order valence-electron chi connectivity index (χ4n) is 2.78. The summed E-state index contributed by atoms with van der Waals surface area (Å²) in [6.07, 6.45) is 1.48. The van der Waals surface area contributed by atoms with Crippen LogP contribution in [0.15, 0.2) is 24.3 Å². The molecule has 4 heteroatoms. The van der Waals surface area contributed by atoms with Gasteiger partial charge in [0.2, 0.25) is 0 Å². The predicted molar refractivity (Wildman–Crippen MR) is 77.8 cm³/mol. The van der Waals surface area contributed by atoms with Crippen LogP contribution in [0.4, 0.5) is 0 Å². The number of aromatic carboxylic acids is 1. The lowest BCUT2D eigenvalue weighted by molar-refractivity contribution is 0.0539.